The minimum atomic E-state index is -0.613. The largest absolute Gasteiger partial charge is 0.397 e. The summed E-state index contributed by atoms with van der Waals surface area (Å²) in [4.78, 5) is 4.35. The Morgan fingerprint density at radius 2 is 2.26 bits per heavy atom. The van der Waals surface area contributed by atoms with Crippen LogP contribution in [0.3, 0.4) is 0 Å². The molecule has 0 radical (unpaired) electrons. The topological polar surface area (TPSA) is 75.2 Å². The van der Waals surface area contributed by atoms with Crippen molar-refractivity contribution in [2.45, 2.75) is 44.1 Å². The van der Waals surface area contributed by atoms with Gasteiger partial charge in [-0.05, 0) is 38.7 Å². The summed E-state index contributed by atoms with van der Waals surface area (Å²) in [6.07, 6.45) is 2.05. The Labute approximate surface area is 134 Å². The second-order valence-corrected chi connectivity index (χ2v) is 6.89. The number of hydrogen-bond acceptors (Lipinski definition) is 4. The van der Waals surface area contributed by atoms with Gasteiger partial charge in [-0.15, -0.1) is 0 Å². The van der Waals surface area contributed by atoms with Gasteiger partial charge in [0.15, 0.2) is 0 Å². The van der Waals surface area contributed by atoms with E-state index in [0.29, 0.717) is 40.6 Å². The van der Waals surface area contributed by atoms with Gasteiger partial charge in [-0.25, -0.2) is 9.65 Å². The number of pyridine rings is 1. The number of nitrogens with two attached hydrogens (primary N) is 1. The van der Waals surface area contributed by atoms with Crippen LogP contribution in [0.4, 0.5) is 10.1 Å². The Morgan fingerprint density at radius 3 is 2.96 bits per heavy atom. The number of benzene rings is 1. The number of ether oxygens (including phenoxy) is 1. The maximum Gasteiger partial charge on any atom is 0.270 e. The van der Waals surface area contributed by atoms with Gasteiger partial charge >= 0.3 is 0 Å². The highest BCUT2D eigenvalue weighted by molar-refractivity contribution is 6.67. The van der Waals surface area contributed by atoms with E-state index in [1.54, 1.807) is 12.1 Å². The Kier molecular flexibility index (Phi) is 2.80. The molecule has 1 aromatic carbocycles. The van der Waals surface area contributed by atoms with E-state index in [9.17, 15) is 0 Å². The lowest BCUT2D eigenvalue weighted by atomic mass is 9.39. The number of anilines is 1. The molecule has 2 atom stereocenters. The lowest BCUT2D eigenvalue weighted by Gasteiger charge is -2.24. The van der Waals surface area contributed by atoms with Crippen molar-refractivity contribution in [1.29, 1.82) is 5.26 Å². The standard InChI is InChI=1S/C17H17BFN3O/c1-10-13(21)7-11-14(22-10)4-3-12(15(11)19)17-5-6-18(9-20)8-16(17,2)23-17/h3-4,7H,5-6,8,21H2,1-2H3. The van der Waals surface area contributed by atoms with Crippen molar-refractivity contribution in [3.05, 3.63) is 35.3 Å². The molecule has 2 aromatic rings. The molecule has 0 aliphatic carbocycles. The van der Waals surface area contributed by atoms with E-state index in [1.807, 2.05) is 19.9 Å². The van der Waals surface area contributed by atoms with Crippen LogP contribution in [0, 0.1) is 24.0 Å². The zero-order chi connectivity index (χ0) is 16.4. The molecule has 116 valence electrons. The number of nitrogen functional groups attached to an aromatic ring is 1. The third kappa shape index (κ3) is 1.83. The minimum Gasteiger partial charge on any atom is -0.397 e. The quantitative estimate of drug-likeness (QED) is 0.648. The van der Waals surface area contributed by atoms with E-state index >= 15 is 4.39 Å². The van der Waals surface area contributed by atoms with Crippen molar-refractivity contribution < 1.29 is 9.13 Å². The predicted octanol–water partition coefficient (Wildman–Crippen LogP) is 3.21. The van der Waals surface area contributed by atoms with Crippen molar-refractivity contribution in [2.75, 3.05) is 5.73 Å². The van der Waals surface area contributed by atoms with Crippen LogP contribution in [-0.4, -0.2) is 17.3 Å². The van der Waals surface area contributed by atoms with Gasteiger partial charge in [0.1, 0.15) is 11.4 Å². The molecule has 0 amide bonds. The highest BCUT2D eigenvalue weighted by Gasteiger charge is 2.70. The molecule has 4 rings (SSSR count). The third-order valence-corrected chi connectivity index (χ3v) is 5.47. The minimum absolute atomic E-state index is 0.0147. The molecule has 6 heteroatoms. The molecule has 2 N–H and O–H groups in total. The summed E-state index contributed by atoms with van der Waals surface area (Å²) < 4.78 is 21.2. The maximum absolute atomic E-state index is 15.1. The van der Waals surface area contributed by atoms with Crippen LogP contribution in [-0.2, 0) is 10.3 Å². The van der Waals surface area contributed by atoms with Gasteiger partial charge < -0.3 is 10.5 Å². The van der Waals surface area contributed by atoms with Crippen LogP contribution in [0.1, 0.15) is 24.6 Å². The SMILES string of the molecule is Cc1nc2ccc(C34CCB(C#N)CC3(C)O4)c(F)c2cc1N. The first-order valence-electron chi connectivity index (χ1n) is 7.86. The van der Waals surface area contributed by atoms with Crippen molar-refractivity contribution in [3.8, 4) is 5.97 Å². The smallest absolute Gasteiger partial charge is 0.270 e. The Bertz CT molecular complexity index is 880. The van der Waals surface area contributed by atoms with E-state index in [0.717, 1.165) is 6.32 Å². The van der Waals surface area contributed by atoms with E-state index in [1.165, 1.54) is 0 Å². The van der Waals surface area contributed by atoms with Crippen LogP contribution in [0.2, 0.25) is 12.6 Å². The molecule has 2 aliphatic heterocycles. The Balaban J connectivity index is 1.84. The fourth-order valence-electron chi connectivity index (χ4n) is 4.05. The average molecular weight is 309 g/mol. The summed E-state index contributed by atoms with van der Waals surface area (Å²) in [6.45, 7) is 3.77. The molecule has 23 heavy (non-hydrogen) atoms. The summed E-state index contributed by atoms with van der Waals surface area (Å²) >= 11 is 0. The lowest BCUT2D eigenvalue weighted by Crippen LogP contribution is -2.34. The van der Waals surface area contributed by atoms with Gasteiger partial charge in [0.2, 0.25) is 0 Å². The highest BCUT2D eigenvalue weighted by Crippen LogP contribution is 2.64. The lowest BCUT2D eigenvalue weighted by molar-refractivity contribution is 0.272. The Morgan fingerprint density at radius 1 is 1.48 bits per heavy atom. The normalized spacial score (nSPS) is 29.2. The molecule has 0 saturated carbocycles. The van der Waals surface area contributed by atoms with Crippen LogP contribution in [0.15, 0.2) is 18.2 Å². The van der Waals surface area contributed by atoms with Crippen molar-refractivity contribution in [3.63, 3.8) is 0 Å². The molecule has 0 bridgehead atoms. The second kappa shape index (κ2) is 4.45. The number of epoxide rings is 1. The van der Waals surface area contributed by atoms with Gasteiger partial charge in [0.25, 0.3) is 6.71 Å². The molecule has 1 aromatic heterocycles. The van der Waals surface area contributed by atoms with Gasteiger partial charge in [0, 0.05) is 16.9 Å². The van der Waals surface area contributed by atoms with Gasteiger partial charge in [-0.3, -0.25) is 4.98 Å². The number of aryl methyl sites for hydroxylation is 1. The molecular formula is C17H17BFN3O. The average Bonchev–Trinajstić information content (AvgIpc) is 3.15. The molecule has 2 aliphatic rings. The van der Waals surface area contributed by atoms with Gasteiger partial charge in [-0.1, -0.05) is 12.4 Å². The van der Waals surface area contributed by atoms with E-state index in [2.05, 4.69) is 11.0 Å². The second-order valence-electron chi connectivity index (χ2n) is 6.89. The first-order chi connectivity index (χ1) is 10.9. The van der Waals surface area contributed by atoms with Gasteiger partial charge in [-0.2, -0.15) is 0 Å². The summed E-state index contributed by atoms with van der Waals surface area (Å²) in [7, 11) is 0. The summed E-state index contributed by atoms with van der Waals surface area (Å²) in [5.41, 5.74) is 7.17. The first kappa shape index (κ1) is 14.5. The third-order valence-electron chi connectivity index (χ3n) is 5.47. The molecule has 2 saturated heterocycles. The fraction of sp³-hybridized carbons (Fsp3) is 0.412. The van der Waals surface area contributed by atoms with Crippen LogP contribution < -0.4 is 5.73 Å². The van der Waals surface area contributed by atoms with E-state index in [-0.39, 0.29) is 12.5 Å². The Hall–Kier alpha value is -2.13. The number of nitriles is 1. The zero-order valence-corrected chi connectivity index (χ0v) is 13.2. The molecule has 3 heterocycles. The highest BCUT2D eigenvalue weighted by atomic mass is 19.1. The molecule has 4 nitrogen and oxygen atoms in total. The summed E-state index contributed by atoms with van der Waals surface area (Å²) in [5, 5.41) is 9.58. The van der Waals surface area contributed by atoms with Crippen LogP contribution in [0.25, 0.3) is 10.9 Å². The molecule has 2 fully saturated rings. The molecule has 0 spiro atoms. The maximum atomic E-state index is 15.1. The van der Waals surface area contributed by atoms with E-state index in [4.69, 9.17) is 15.7 Å². The molecular weight excluding hydrogens is 292 g/mol. The number of hydrogen-bond donors (Lipinski definition) is 1. The van der Waals surface area contributed by atoms with Crippen LogP contribution in [0.5, 0.6) is 0 Å². The number of halogens is 1. The van der Waals surface area contributed by atoms with Gasteiger partial charge in [0.05, 0.1) is 22.5 Å². The van der Waals surface area contributed by atoms with Crippen molar-refractivity contribution in [1.82, 2.24) is 4.98 Å². The number of aromatic nitrogens is 1. The van der Waals surface area contributed by atoms with Crippen LogP contribution >= 0.6 is 0 Å². The first-order valence-corrected chi connectivity index (χ1v) is 7.86. The summed E-state index contributed by atoms with van der Waals surface area (Å²) in [6, 6.07) is 5.25. The number of nitrogens with zero attached hydrogens (tertiary/aromatic N) is 2. The van der Waals surface area contributed by atoms with Crippen molar-refractivity contribution >= 4 is 23.3 Å². The predicted molar refractivity (Wildman–Crippen MR) is 87.6 cm³/mol. The number of fused-ring (bicyclic) bond motifs is 2. The monoisotopic (exact) mass is 309 g/mol. The zero-order valence-electron chi connectivity index (χ0n) is 13.2. The fourth-order valence-corrected chi connectivity index (χ4v) is 4.05. The van der Waals surface area contributed by atoms with Crippen molar-refractivity contribution in [2.24, 2.45) is 0 Å². The number of rotatable bonds is 1. The van der Waals surface area contributed by atoms with E-state index < -0.39 is 11.2 Å². The molecule has 2 unspecified atom stereocenters. The summed E-state index contributed by atoms with van der Waals surface area (Å²) in [5.74, 6) is 2.01.